The average Bonchev–Trinajstić information content (AvgIpc) is 2.99. The first-order chi connectivity index (χ1) is 12.2. The van der Waals surface area contributed by atoms with Crippen molar-refractivity contribution in [2.24, 2.45) is 0 Å². The van der Waals surface area contributed by atoms with Gasteiger partial charge in [0.15, 0.2) is 22.8 Å². The molecule has 0 fully saturated rings. The van der Waals surface area contributed by atoms with E-state index in [1.165, 1.54) is 29.3 Å². The van der Waals surface area contributed by atoms with Gasteiger partial charge in [0.2, 0.25) is 5.91 Å². The highest BCUT2D eigenvalue weighted by atomic mass is 32.2. The van der Waals surface area contributed by atoms with Crippen LogP contribution >= 0.6 is 23.1 Å². The van der Waals surface area contributed by atoms with Gasteiger partial charge in [-0.25, -0.2) is 4.98 Å². The molecule has 1 aliphatic heterocycles. The number of thiazole rings is 1. The van der Waals surface area contributed by atoms with Crippen LogP contribution in [0.3, 0.4) is 0 Å². The van der Waals surface area contributed by atoms with E-state index in [9.17, 15) is 10.0 Å². The van der Waals surface area contributed by atoms with E-state index in [-0.39, 0.29) is 11.7 Å². The van der Waals surface area contributed by atoms with Gasteiger partial charge in [-0.15, -0.1) is 0 Å². The number of fused-ring (bicyclic) bond motifs is 2. The Morgan fingerprint density at radius 3 is 2.92 bits per heavy atom. The lowest BCUT2D eigenvalue weighted by atomic mass is 10.3. The van der Waals surface area contributed by atoms with Gasteiger partial charge >= 0.3 is 0 Å². The number of carbonyl (C=O) groups is 1. The summed E-state index contributed by atoms with van der Waals surface area (Å²) in [7, 11) is 0. The van der Waals surface area contributed by atoms with Crippen molar-refractivity contribution in [3.05, 3.63) is 41.7 Å². The molecule has 3 heterocycles. The third-order valence-corrected chi connectivity index (χ3v) is 5.39. The number of anilines is 1. The van der Waals surface area contributed by atoms with Crippen LogP contribution in [0.1, 0.15) is 0 Å². The van der Waals surface area contributed by atoms with Crippen molar-refractivity contribution in [2.45, 2.75) is 5.03 Å². The molecule has 0 saturated heterocycles. The van der Waals surface area contributed by atoms with Crippen molar-refractivity contribution in [1.82, 2.24) is 4.98 Å². The third-order valence-electron chi connectivity index (χ3n) is 3.44. The summed E-state index contributed by atoms with van der Waals surface area (Å²) in [5, 5.41) is 15.3. The largest absolute Gasteiger partial charge is 0.618 e. The molecule has 128 valence electrons. The van der Waals surface area contributed by atoms with Crippen LogP contribution in [0.2, 0.25) is 0 Å². The maximum Gasteiger partial charge on any atom is 0.251 e. The number of amides is 1. The number of hydrogen-bond acceptors (Lipinski definition) is 7. The van der Waals surface area contributed by atoms with Crippen molar-refractivity contribution in [2.75, 3.05) is 24.3 Å². The number of pyridine rings is 1. The third kappa shape index (κ3) is 3.47. The van der Waals surface area contributed by atoms with Crippen molar-refractivity contribution >= 4 is 44.4 Å². The number of rotatable bonds is 4. The minimum absolute atomic E-state index is 0.130. The fraction of sp³-hybridized carbons (Fsp3) is 0.188. The van der Waals surface area contributed by atoms with Gasteiger partial charge in [-0.1, -0.05) is 11.3 Å². The summed E-state index contributed by atoms with van der Waals surface area (Å²) < 4.78 is 12.7. The van der Waals surface area contributed by atoms with Gasteiger partial charge < -0.3 is 20.0 Å². The predicted molar refractivity (Wildman–Crippen MR) is 95.4 cm³/mol. The zero-order chi connectivity index (χ0) is 17.2. The van der Waals surface area contributed by atoms with E-state index >= 15 is 0 Å². The Balaban J connectivity index is 1.45. The lowest BCUT2D eigenvalue weighted by molar-refractivity contribution is -0.645. The van der Waals surface area contributed by atoms with Crippen LogP contribution < -0.4 is 19.5 Å². The monoisotopic (exact) mass is 375 g/mol. The molecule has 0 aliphatic carbocycles. The molecule has 1 amide bonds. The Labute approximate surface area is 151 Å². The highest BCUT2D eigenvalue weighted by Gasteiger charge is 2.16. The van der Waals surface area contributed by atoms with E-state index < -0.39 is 0 Å². The second-order valence-electron chi connectivity index (χ2n) is 5.18. The van der Waals surface area contributed by atoms with E-state index in [2.05, 4.69) is 10.3 Å². The Morgan fingerprint density at radius 2 is 2.12 bits per heavy atom. The highest BCUT2D eigenvalue weighted by molar-refractivity contribution is 7.99. The Bertz CT molecular complexity index is 901. The van der Waals surface area contributed by atoms with Crippen LogP contribution in [-0.4, -0.2) is 29.9 Å². The predicted octanol–water partition coefficient (Wildman–Crippen LogP) is 2.43. The van der Waals surface area contributed by atoms with Gasteiger partial charge in [-0.05, 0) is 17.8 Å². The van der Waals surface area contributed by atoms with Crippen molar-refractivity contribution in [3.63, 3.8) is 0 Å². The minimum Gasteiger partial charge on any atom is -0.618 e. The van der Waals surface area contributed by atoms with Crippen LogP contribution in [0, 0.1) is 5.21 Å². The van der Waals surface area contributed by atoms with E-state index in [0.29, 0.717) is 34.9 Å². The second kappa shape index (κ2) is 6.77. The molecule has 1 N–H and O–H groups in total. The number of benzene rings is 1. The standard InChI is InChI=1S/C16H13N3O4S2/c20-14(9-24-15-3-1-2-4-19(15)21)18-16-17-10-7-11-12(8-13(10)25-16)23-6-5-22-11/h1-4,7-8H,5-6,9H2,(H,17,18,20). The summed E-state index contributed by atoms with van der Waals surface area (Å²) in [5.74, 6) is 1.27. The zero-order valence-electron chi connectivity index (χ0n) is 12.9. The molecule has 0 bridgehead atoms. The number of thioether (sulfide) groups is 1. The zero-order valence-corrected chi connectivity index (χ0v) is 14.6. The fourth-order valence-corrected chi connectivity index (χ4v) is 3.94. The Hall–Kier alpha value is -2.52. The molecule has 7 nitrogen and oxygen atoms in total. The molecule has 0 atom stereocenters. The average molecular weight is 375 g/mol. The number of carbonyl (C=O) groups excluding carboxylic acids is 1. The molecule has 0 radical (unpaired) electrons. The quantitative estimate of drug-likeness (QED) is 0.428. The van der Waals surface area contributed by atoms with Gasteiger partial charge in [0, 0.05) is 24.3 Å². The molecular weight excluding hydrogens is 362 g/mol. The smallest absolute Gasteiger partial charge is 0.251 e. The summed E-state index contributed by atoms with van der Waals surface area (Å²) in [6, 6.07) is 8.76. The first-order valence-corrected chi connectivity index (χ1v) is 9.30. The molecule has 2 aromatic heterocycles. The summed E-state index contributed by atoms with van der Waals surface area (Å²) >= 11 is 2.55. The molecule has 0 spiro atoms. The fourth-order valence-electron chi connectivity index (χ4n) is 2.34. The van der Waals surface area contributed by atoms with Crippen LogP contribution in [0.5, 0.6) is 11.5 Å². The maximum atomic E-state index is 12.1. The lowest BCUT2D eigenvalue weighted by Crippen LogP contribution is -2.28. The molecule has 0 saturated carbocycles. The van der Waals surface area contributed by atoms with Crippen LogP contribution in [-0.2, 0) is 4.79 Å². The number of hydrogen-bond donors (Lipinski definition) is 1. The normalized spacial score (nSPS) is 13.0. The molecule has 3 aromatic rings. The Kier molecular flexibility index (Phi) is 4.33. The number of nitrogens with zero attached hydrogens (tertiary/aromatic N) is 2. The second-order valence-corrected chi connectivity index (χ2v) is 7.21. The van der Waals surface area contributed by atoms with Crippen molar-refractivity contribution in [1.29, 1.82) is 0 Å². The van der Waals surface area contributed by atoms with Crippen molar-refractivity contribution in [3.8, 4) is 11.5 Å². The Morgan fingerprint density at radius 1 is 1.32 bits per heavy atom. The summed E-state index contributed by atoms with van der Waals surface area (Å²) in [6.45, 7) is 1.04. The van der Waals surface area contributed by atoms with Gasteiger partial charge in [0.1, 0.15) is 13.2 Å². The SMILES string of the molecule is O=C(CSc1cccc[n+]1[O-])Nc1nc2cc3c(cc2s1)OCCO3. The molecule has 9 heteroatoms. The maximum absolute atomic E-state index is 12.1. The van der Waals surface area contributed by atoms with Crippen LogP contribution in [0.15, 0.2) is 41.6 Å². The van der Waals surface area contributed by atoms with E-state index in [1.807, 2.05) is 12.1 Å². The van der Waals surface area contributed by atoms with Crippen LogP contribution in [0.4, 0.5) is 5.13 Å². The molecule has 1 aromatic carbocycles. The highest BCUT2D eigenvalue weighted by Crippen LogP contribution is 2.37. The van der Waals surface area contributed by atoms with Gasteiger partial charge in [-0.2, -0.15) is 4.73 Å². The summed E-state index contributed by atoms with van der Waals surface area (Å²) in [5.41, 5.74) is 0.748. The van der Waals surface area contributed by atoms with Crippen molar-refractivity contribution < 1.29 is 19.0 Å². The molecule has 4 rings (SSSR count). The van der Waals surface area contributed by atoms with E-state index in [0.717, 1.165) is 14.9 Å². The first kappa shape index (κ1) is 16.0. The van der Waals surface area contributed by atoms with E-state index in [4.69, 9.17) is 9.47 Å². The number of ether oxygens (including phenoxy) is 2. The lowest BCUT2D eigenvalue weighted by Gasteiger charge is -2.17. The molecule has 0 unspecified atom stereocenters. The minimum atomic E-state index is -0.217. The molecule has 1 aliphatic rings. The number of aromatic nitrogens is 2. The van der Waals surface area contributed by atoms with Crippen LogP contribution in [0.25, 0.3) is 10.2 Å². The topological polar surface area (TPSA) is 87.4 Å². The first-order valence-electron chi connectivity index (χ1n) is 7.50. The van der Waals surface area contributed by atoms with E-state index in [1.54, 1.807) is 18.2 Å². The van der Waals surface area contributed by atoms with Gasteiger partial charge in [0.05, 0.1) is 16.0 Å². The van der Waals surface area contributed by atoms with Gasteiger partial charge in [0.25, 0.3) is 5.03 Å². The molecule has 25 heavy (non-hydrogen) atoms. The number of nitrogens with one attached hydrogen (secondary N) is 1. The van der Waals surface area contributed by atoms with Gasteiger partial charge in [-0.3, -0.25) is 4.79 Å². The summed E-state index contributed by atoms with van der Waals surface area (Å²) in [4.78, 5) is 16.5. The summed E-state index contributed by atoms with van der Waals surface area (Å²) in [6.07, 6.45) is 1.40. The molecular formula is C16H13N3O4S2.